The van der Waals surface area contributed by atoms with Crippen LogP contribution < -0.4 is 0 Å². The van der Waals surface area contributed by atoms with Crippen molar-refractivity contribution < 1.29 is 19.1 Å². The molecule has 0 saturated carbocycles. The molecule has 0 radical (unpaired) electrons. The molecule has 2 aliphatic carbocycles. The van der Waals surface area contributed by atoms with Crippen LogP contribution in [0.2, 0.25) is 0 Å². The van der Waals surface area contributed by atoms with Crippen molar-refractivity contribution >= 4 is 11.9 Å². The van der Waals surface area contributed by atoms with Crippen molar-refractivity contribution in [3.8, 4) is 0 Å². The van der Waals surface area contributed by atoms with Crippen molar-refractivity contribution in [2.24, 2.45) is 17.8 Å². The summed E-state index contributed by atoms with van der Waals surface area (Å²) in [6.45, 7) is 9.41. The topological polar surface area (TPSA) is 52.6 Å². The monoisotopic (exact) mass is 288 g/mol. The number of rotatable bonds is 1. The maximum absolute atomic E-state index is 12.0. The predicted molar refractivity (Wildman–Crippen MR) is 77.2 cm³/mol. The number of allylic oxidation sites excluding steroid dienone is 2. The number of carbonyl (C=O) groups excluding carboxylic acids is 2. The summed E-state index contributed by atoms with van der Waals surface area (Å²) in [6.07, 6.45) is 4.08. The highest BCUT2D eigenvalue weighted by Crippen LogP contribution is 2.48. The second-order valence-electron chi connectivity index (χ2n) is 6.24. The minimum absolute atomic E-state index is 0.00413. The van der Waals surface area contributed by atoms with Gasteiger partial charge in [-0.3, -0.25) is 9.59 Å². The molecule has 4 nitrogen and oxygen atoms in total. The lowest BCUT2D eigenvalue weighted by atomic mass is 9.80. The molecule has 0 aromatic rings. The number of fused-ring (bicyclic) bond motifs is 3. The highest BCUT2D eigenvalue weighted by atomic mass is 16.6. The normalized spacial score (nSPS) is 38.0. The number of hydrogen-bond acceptors (Lipinski definition) is 4. The number of hydrogen-bond donors (Lipinski definition) is 0. The molecule has 1 aliphatic heterocycles. The lowest BCUT2D eigenvalue weighted by Crippen LogP contribution is -2.37. The smallest absolute Gasteiger partial charge is 0.309 e. The van der Waals surface area contributed by atoms with Crippen LogP contribution in [0.15, 0.2) is 35.5 Å². The summed E-state index contributed by atoms with van der Waals surface area (Å²) in [5.74, 6) is -0.898. The third kappa shape index (κ3) is 2.13. The van der Waals surface area contributed by atoms with E-state index in [1.807, 2.05) is 19.1 Å². The predicted octanol–water partition coefficient (Wildman–Crippen LogP) is 2.56. The van der Waals surface area contributed by atoms with Gasteiger partial charge in [-0.05, 0) is 18.1 Å². The maximum Gasteiger partial charge on any atom is 0.309 e. The number of ether oxygens (including phenoxy) is 2. The Kier molecular flexibility index (Phi) is 3.27. The van der Waals surface area contributed by atoms with E-state index < -0.39 is 0 Å². The van der Waals surface area contributed by atoms with Gasteiger partial charge in [0.2, 0.25) is 0 Å². The molecule has 1 fully saturated rings. The van der Waals surface area contributed by atoms with E-state index in [2.05, 4.69) is 13.5 Å². The molecule has 0 spiro atoms. The Labute approximate surface area is 124 Å². The molecule has 1 saturated heterocycles. The second-order valence-corrected chi connectivity index (χ2v) is 6.24. The third-order valence-electron chi connectivity index (χ3n) is 4.87. The van der Waals surface area contributed by atoms with Crippen molar-refractivity contribution in [2.75, 3.05) is 0 Å². The molecule has 1 unspecified atom stereocenters. The molecule has 0 N–H and O–H groups in total. The van der Waals surface area contributed by atoms with Gasteiger partial charge in [-0.25, -0.2) is 0 Å². The molecular formula is C17H20O4. The van der Waals surface area contributed by atoms with E-state index in [9.17, 15) is 9.59 Å². The molecule has 0 aromatic carbocycles. The standard InChI is InChI=1S/C17H20O4/c1-8-5-6-12-9(2)7-13(20-11(4)18)15-10(3)17(19)21-16(15)14(8)12/h5-6,10,13-16H,1,7H2,2-4H3/t10-,13-,14?,15-,16-/m1/s1. The summed E-state index contributed by atoms with van der Waals surface area (Å²) < 4.78 is 11.2. The van der Waals surface area contributed by atoms with Gasteiger partial charge in [0.05, 0.1) is 5.92 Å². The zero-order valence-corrected chi connectivity index (χ0v) is 12.6. The van der Waals surface area contributed by atoms with Crippen LogP contribution in [-0.4, -0.2) is 24.1 Å². The van der Waals surface area contributed by atoms with Crippen LogP contribution in [0, 0.1) is 17.8 Å². The van der Waals surface area contributed by atoms with E-state index in [4.69, 9.17) is 9.47 Å². The fourth-order valence-corrected chi connectivity index (χ4v) is 3.87. The first-order valence-electron chi connectivity index (χ1n) is 7.34. The molecule has 3 aliphatic rings. The Morgan fingerprint density at radius 3 is 2.81 bits per heavy atom. The van der Waals surface area contributed by atoms with Gasteiger partial charge in [0.25, 0.3) is 0 Å². The summed E-state index contributed by atoms with van der Waals surface area (Å²) >= 11 is 0. The van der Waals surface area contributed by atoms with Crippen molar-refractivity contribution in [1.29, 1.82) is 0 Å². The van der Waals surface area contributed by atoms with Gasteiger partial charge in [-0.15, -0.1) is 0 Å². The fraction of sp³-hybridized carbons (Fsp3) is 0.529. The summed E-state index contributed by atoms with van der Waals surface area (Å²) in [5.41, 5.74) is 3.30. The van der Waals surface area contributed by atoms with Crippen LogP contribution in [0.5, 0.6) is 0 Å². The average molecular weight is 288 g/mol. The minimum atomic E-state index is -0.315. The fourth-order valence-electron chi connectivity index (χ4n) is 3.87. The zero-order chi connectivity index (χ0) is 15.3. The van der Waals surface area contributed by atoms with Crippen LogP contribution >= 0.6 is 0 Å². The molecule has 21 heavy (non-hydrogen) atoms. The maximum atomic E-state index is 12.0. The SMILES string of the molecule is C=C1C=CC2=C(C)C[C@@H](OC(C)=O)[C@@H]3[C@H](OC(=O)[C@@H]3C)C12. The second kappa shape index (κ2) is 4.86. The molecular weight excluding hydrogens is 268 g/mol. The Balaban J connectivity index is 2.05. The van der Waals surface area contributed by atoms with Crippen LogP contribution in [0.25, 0.3) is 0 Å². The van der Waals surface area contributed by atoms with Gasteiger partial charge in [0.1, 0.15) is 12.2 Å². The summed E-state index contributed by atoms with van der Waals surface area (Å²) in [4.78, 5) is 23.5. The molecule has 1 heterocycles. The van der Waals surface area contributed by atoms with E-state index in [0.717, 1.165) is 11.1 Å². The number of carbonyl (C=O) groups is 2. The van der Waals surface area contributed by atoms with Crippen LogP contribution in [-0.2, 0) is 19.1 Å². The molecule has 4 heteroatoms. The van der Waals surface area contributed by atoms with Crippen LogP contribution in [0.1, 0.15) is 27.2 Å². The highest BCUT2D eigenvalue weighted by molar-refractivity contribution is 5.76. The summed E-state index contributed by atoms with van der Waals surface area (Å²) in [5, 5.41) is 0. The van der Waals surface area contributed by atoms with E-state index >= 15 is 0 Å². The Bertz CT molecular complexity index is 584. The Morgan fingerprint density at radius 2 is 2.14 bits per heavy atom. The van der Waals surface area contributed by atoms with E-state index in [0.29, 0.717) is 6.42 Å². The van der Waals surface area contributed by atoms with Crippen molar-refractivity contribution in [3.63, 3.8) is 0 Å². The highest BCUT2D eigenvalue weighted by Gasteiger charge is 2.53. The molecule has 112 valence electrons. The number of esters is 2. The minimum Gasteiger partial charge on any atom is -0.462 e. The van der Waals surface area contributed by atoms with Gasteiger partial charge < -0.3 is 9.47 Å². The van der Waals surface area contributed by atoms with Gasteiger partial charge in [-0.2, -0.15) is 0 Å². The molecule has 0 amide bonds. The first-order valence-corrected chi connectivity index (χ1v) is 7.34. The molecule has 0 aromatic heterocycles. The molecule has 3 rings (SSSR count). The van der Waals surface area contributed by atoms with Gasteiger partial charge in [0, 0.05) is 25.2 Å². The zero-order valence-electron chi connectivity index (χ0n) is 12.6. The van der Waals surface area contributed by atoms with E-state index in [-0.39, 0.29) is 41.9 Å². The van der Waals surface area contributed by atoms with Crippen LogP contribution in [0.3, 0.4) is 0 Å². The molecule has 5 atom stereocenters. The van der Waals surface area contributed by atoms with Crippen molar-refractivity contribution in [1.82, 2.24) is 0 Å². The first-order chi connectivity index (χ1) is 9.90. The summed E-state index contributed by atoms with van der Waals surface area (Å²) in [6, 6.07) is 0. The quantitative estimate of drug-likeness (QED) is 0.696. The Morgan fingerprint density at radius 1 is 1.43 bits per heavy atom. The lowest BCUT2D eigenvalue weighted by molar-refractivity contribution is -0.150. The van der Waals surface area contributed by atoms with Crippen molar-refractivity contribution in [2.45, 2.75) is 39.4 Å². The van der Waals surface area contributed by atoms with Crippen molar-refractivity contribution in [3.05, 3.63) is 35.5 Å². The first kappa shape index (κ1) is 14.1. The van der Waals surface area contributed by atoms with Crippen LogP contribution in [0.4, 0.5) is 0 Å². The Hall–Kier alpha value is -1.84. The van der Waals surface area contributed by atoms with Gasteiger partial charge in [0.15, 0.2) is 0 Å². The van der Waals surface area contributed by atoms with Gasteiger partial charge >= 0.3 is 11.9 Å². The molecule has 0 bridgehead atoms. The lowest BCUT2D eigenvalue weighted by Gasteiger charge is -2.29. The van der Waals surface area contributed by atoms with Gasteiger partial charge in [-0.1, -0.05) is 31.2 Å². The summed E-state index contributed by atoms with van der Waals surface area (Å²) in [7, 11) is 0. The largest absolute Gasteiger partial charge is 0.462 e. The average Bonchev–Trinajstić information content (AvgIpc) is 2.86. The third-order valence-corrected chi connectivity index (χ3v) is 4.87. The van der Waals surface area contributed by atoms with E-state index in [1.165, 1.54) is 12.5 Å². The van der Waals surface area contributed by atoms with E-state index in [1.54, 1.807) is 0 Å².